The summed E-state index contributed by atoms with van der Waals surface area (Å²) in [6.45, 7) is 4.01. The van der Waals surface area contributed by atoms with Crippen LogP contribution in [0.4, 0.5) is 0 Å². The number of sulfonamides is 1. The SMILES string of the molecule is CCNC(=NCCS(=O)(=O)NCC1CCC1)N(C)Cc1cc2ccccc2o1. The zero-order valence-electron chi connectivity index (χ0n) is 16.6. The summed E-state index contributed by atoms with van der Waals surface area (Å²) in [5.41, 5.74) is 0.858. The van der Waals surface area contributed by atoms with Gasteiger partial charge in [0.15, 0.2) is 5.96 Å². The molecule has 1 aromatic carbocycles. The summed E-state index contributed by atoms with van der Waals surface area (Å²) in [6, 6.07) is 9.91. The van der Waals surface area contributed by atoms with Crippen LogP contribution < -0.4 is 10.0 Å². The molecule has 0 atom stereocenters. The molecule has 2 aromatic rings. The van der Waals surface area contributed by atoms with Crippen LogP contribution in [0.5, 0.6) is 0 Å². The fourth-order valence-electron chi connectivity index (χ4n) is 3.18. The molecule has 7 nitrogen and oxygen atoms in total. The minimum Gasteiger partial charge on any atom is -0.459 e. The van der Waals surface area contributed by atoms with Crippen molar-refractivity contribution in [2.45, 2.75) is 32.7 Å². The molecule has 0 spiro atoms. The van der Waals surface area contributed by atoms with Crippen molar-refractivity contribution in [2.24, 2.45) is 10.9 Å². The third-order valence-electron chi connectivity index (χ3n) is 5.00. The number of nitrogens with zero attached hydrogens (tertiary/aromatic N) is 2. The van der Waals surface area contributed by atoms with Crippen LogP contribution in [0.25, 0.3) is 11.0 Å². The third kappa shape index (κ3) is 5.72. The number of aliphatic imine (C=N–C) groups is 1. The van der Waals surface area contributed by atoms with Gasteiger partial charge >= 0.3 is 0 Å². The molecule has 1 aliphatic rings. The Kier molecular flexibility index (Phi) is 6.96. The van der Waals surface area contributed by atoms with E-state index in [0.717, 1.165) is 29.6 Å². The second-order valence-corrected chi connectivity index (χ2v) is 9.23. The van der Waals surface area contributed by atoms with Gasteiger partial charge in [0, 0.05) is 25.5 Å². The standard InChI is InChI=1S/C20H30N4O3S/c1-3-21-20(22-11-12-28(25,26)23-14-16-7-6-8-16)24(2)15-18-13-17-9-4-5-10-19(17)27-18/h4-5,9-10,13,16,23H,3,6-8,11-12,14-15H2,1-2H3,(H,21,22). The zero-order valence-corrected chi connectivity index (χ0v) is 17.5. The lowest BCUT2D eigenvalue weighted by Crippen LogP contribution is -2.39. The molecule has 154 valence electrons. The molecule has 0 saturated heterocycles. The molecule has 0 aliphatic heterocycles. The fraction of sp³-hybridized carbons (Fsp3) is 0.550. The topological polar surface area (TPSA) is 86.9 Å². The first-order valence-corrected chi connectivity index (χ1v) is 11.6. The van der Waals surface area contributed by atoms with Crippen molar-refractivity contribution in [3.63, 3.8) is 0 Å². The summed E-state index contributed by atoms with van der Waals surface area (Å²) in [7, 11) is -1.37. The first-order chi connectivity index (χ1) is 13.5. The maximum Gasteiger partial charge on any atom is 0.213 e. The van der Waals surface area contributed by atoms with Crippen LogP contribution in [-0.2, 0) is 16.6 Å². The van der Waals surface area contributed by atoms with Crippen LogP contribution in [0.2, 0.25) is 0 Å². The van der Waals surface area contributed by atoms with E-state index >= 15 is 0 Å². The predicted octanol–water partition coefficient (Wildman–Crippen LogP) is 2.55. The Morgan fingerprint density at radius 1 is 1.32 bits per heavy atom. The number of nitrogens with one attached hydrogen (secondary N) is 2. The number of guanidine groups is 1. The molecule has 0 radical (unpaired) electrons. The van der Waals surface area contributed by atoms with Crippen molar-refractivity contribution >= 4 is 27.0 Å². The molecule has 28 heavy (non-hydrogen) atoms. The van der Waals surface area contributed by atoms with Crippen LogP contribution in [0.15, 0.2) is 39.7 Å². The summed E-state index contributed by atoms with van der Waals surface area (Å²) >= 11 is 0. The summed E-state index contributed by atoms with van der Waals surface area (Å²) < 4.78 is 32.9. The molecular formula is C20H30N4O3S. The minimum absolute atomic E-state index is 0.00685. The lowest BCUT2D eigenvalue weighted by atomic mass is 9.86. The lowest BCUT2D eigenvalue weighted by Gasteiger charge is -2.25. The largest absolute Gasteiger partial charge is 0.459 e. The molecule has 1 fully saturated rings. The molecule has 0 bridgehead atoms. The summed E-state index contributed by atoms with van der Waals surface area (Å²) in [4.78, 5) is 6.42. The smallest absolute Gasteiger partial charge is 0.213 e. The van der Waals surface area contributed by atoms with Gasteiger partial charge in [0.1, 0.15) is 11.3 Å². The number of fused-ring (bicyclic) bond motifs is 1. The van der Waals surface area contributed by atoms with Gasteiger partial charge in [0.25, 0.3) is 0 Å². The molecule has 3 rings (SSSR count). The Morgan fingerprint density at radius 3 is 2.79 bits per heavy atom. The molecule has 1 aliphatic carbocycles. The van der Waals surface area contributed by atoms with E-state index in [1.807, 2.05) is 49.2 Å². The molecule has 1 heterocycles. The average Bonchev–Trinajstić information content (AvgIpc) is 3.01. The maximum atomic E-state index is 12.1. The maximum absolute atomic E-state index is 12.1. The van der Waals surface area contributed by atoms with E-state index in [2.05, 4.69) is 15.0 Å². The molecule has 8 heteroatoms. The van der Waals surface area contributed by atoms with E-state index in [1.165, 1.54) is 6.42 Å². The van der Waals surface area contributed by atoms with Crippen molar-refractivity contribution in [2.75, 3.05) is 32.4 Å². The highest BCUT2D eigenvalue weighted by Crippen LogP contribution is 2.25. The van der Waals surface area contributed by atoms with E-state index in [9.17, 15) is 8.42 Å². The second-order valence-electron chi connectivity index (χ2n) is 7.31. The van der Waals surface area contributed by atoms with Crippen LogP contribution in [0, 0.1) is 5.92 Å². The number of hydrogen-bond acceptors (Lipinski definition) is 4. The quantitative estimate of drug-likeness (QED) is 0.494. The Balaban J connectivity index is 1.55. The van der Waals surface area contributed by atoms with Crippen LogP contribution >= 0.6 is 0 Å². The number of rotatable bonds is 9. The van der Waals surface area contributed by atoms with Gasteiger partial charge in [-0.05, 0) is 37.8 Å². The second kappa shape index (κ2) is 9.43. The summed E-state index contributed by atoms with van der Waals surface area (Å²) in [5.74, 6) is 2.00. The lowest BCUT2D eigenvalue weighted by molar-refractivity contribution is 0.316. The van der Waals surface area contributed by atoms with Gasteiger partial charge in [-0.15, -0.1) is 0 Å². The molecular weight excluding hydrogens is 376 g/mol. The summed E-state index contributed by atoms with van der Waals surface area (Å²) in [6.07, 6.45) is 3.45. The van der Waals surface area contributed by atoms with Crippen molar-refractivity contribution in [3.8, 4) is 0 Å². The van der Waals surface area contributed by atoms with Gasteiger partial charge in [0.05, 0.1) is 18.8 Å². The number of benzene rings is 1. The van der Waals surface area contributed by atoms with E-state index in [0.29, 0.717) is 31.5 Å². The molecule has 0 unspecified atom stereocenters. The van der Waals surface area contributed by atoms with Gasteiger partial charge in [-0.3, -0.25) is 4.99 Å². The van der Waals surface area contributed by atoms with Crippen LogP contribution in [-0.4, -0.2) is 51.7 Å². The molecule has 0 amide bonds. The van der Waals surface area contributed by atoms with Crippen molar-refractivity contribution in [1.82, 2.24) is 14.9 Å². The van der Waals surface area contributed by atoms with Crippen LogP contribution in [0.3, 0.4) is 0 Å². The average molecular weight is 407 g/mol. The van der Waals surface area contributed by atoms with E-state index < -0.39 is 10.0 Å². The Morgan fingerprint density at radius 2 is 2.11 bits per heavy atom. The van der Waals surface area contributed by atoms with Gasteiger partial charge in [-0.2, -0.15) is 0 Å². The highest BCUT2D eigenvalue weighted by atomic mass is 32.2. The Labute approximate surface area is 167 Å². The first kappa shape index (κ1) is 20.7. The minimum atomic E-state index is -3.29. The summed E-state index contributed by atoms with van der Waals surface area (Å²) in [5, 5.41) is 4.28. The highest BCUT2D eigenvalue weighted by Gasteiger charge is 2.20. The molecule has 1 saturated carbocycles. The van der Waals surface area contributed by atoms with Crippen molar-refractivity contribution in [3.05, 3.63) is 36.1 Å². The van der Waals surface area contributed by atoms with Gasteiger partial charge in [-0.25, -0.2) is 13.1 Å². The van der Waals surface area contributed by atoms with Gasteiger partial charge < -0.3 is 14.6 Å². The zero-order chi connectivity index (χ0) is 20.0. The van der Waals surface area contributed by atoms with Gasteiger partial charge in [0.2, 0.25) is 10.0 Å². The molecule has 1 aromatic heterocycles. The monoisotopic (exact) mass is 406 g/mol. The number of furan rings is 1. The van der Waals surface area contributed by atoms with E-state index in [4.69, 9.17) is 4.42 Å². The fourth-order valence-corrected chi connectivity index (χ4v) is 4.14. The number of para-hydroxylation sites is 1. The van der Waals surface area contributed by atoms with E-state index in [1.54, 1.807) is 0 Å². The first-order valence-electron chi connectivity index (χ1n) is 9.91. The predicted molar refractivity (Wildman–Crippen MR) is 113 cm³/mol. The Hall–Kier alpha value is -2.06. The highest BCUT2D eigenvalue weighted by molar-refractivity contribution is 7.89. The van der Waals surface area contributed by atoms with Gasteiger partial charge in [-0.1, -0.05) is 24.6 Å². The van der Waals surface area contributed by atoms with E-state index in [-0.39, 0.29) is 12.3 Å². The normalized spacial score (nSPS) is 15.6. The third-order valence-corrected chi connectivity index (χ3v) is 6.33. The van der Waals surface area contributed by atoms with Crippen molar-refractivity contribution < 1.29 is 12.8 Å². The van der Waals surface area contributed by atoms with Crippen LogP contribution in [0.1, 0.15) is 31.9 Å². The van der Waals surface area contributed by atoms with Crippen molar-refractivity contribution in [1.29, 1.82) is 0 Å². The number of hydrogen-bond donors (Lipinski definition) is 2. The Bertz CT molecular complexity index is 870. The molecule has 2 N–H and O–H groups in total.